The van der Waals surface area contributed by atoms with E-state index in [0.717, 1.165) is 12.8 Å². The number of nitrogens with zero attached hydrogens (tertiary/aromatic N) is 4. The topological polar surface area (TPSA) is 88.5 Å². The molecule has 2 heterocycles. The van der Waals surface area contributed by atoms with Crippen molar-refractivity contribution in [3.05, 3.63) is 89.5 Å². The first-order valence-electron chi connectivity index (χ1n) is 11.9. The van der Waals surface area contributed by atoms with Crippen molar-refractivity contribution in [3.63, 3.8) is 0 Å². The molecule has 1 aliphatic rings. The second-order valence-electron chi connectivity index (χ2n) is 9.11. The van der Waals surface area contributed by atoms with Gasteiger partial charge in [-0.3, -0.25) is 4.79 Å². The molecule has 1 amide bonds. The number of hydrogen-bond donors (Lipinski definition) is 2. The van der Waals surface area contributed by atoms with Crippen molar-refractivity contribution in [2.24, 2.45) is 0 Å². The molecule has 5 aromatic rings. The van der Waals surface area contributed by atoms with E-state index >= 15 is 0 Å². The third-order valence-electron chi connectivity index (χ3n) is 6.51. The average molecular weight is 503 g/mol. The Hall–Kier alpha value is -4.47. The van der Waals surface area contributed by atoms with Crippen LogP contribution in [0, 0.1) is 17.5 Å². The molecule has 2 N–H and O–H groups in total. The predicted molar refractivity (Wildman–Crippen MR) is 132 cm³/mol. The van der Waals surface area contributed by atoms with E-state index in [-0.39, 0.29) is 30.3 Å². The van der Waals surface area contributed by atoms with Gasteiger partial charge in [-0.05, 0) is 101 Å². The van der Waals surface area contributed by atoms with Gasteiger partial charge in [0.2, 0.25) is 5.91 Å². The third-order valence-corrected chi connectivity index (χ3v) is 6.51. The Morgan fingerprint density at radius 1 is 1.00 bits per heavy atom. The number of rotatable bonds is 7. The van der Waals surface area contributed by atoms with E-state index in [9.17, 15) is 18.0 Å². The van der Waals surface area contributed by atoms with E-state index < -0.39 is 17.5 Å². The van der Waals surface area contributed by atoms with Crippen molar-refractivity contribution in [3.8, 4) is 16.9 Å². The number of halogens is 3. The predicted octanol–water partition coefficient (Wildman–Crippen LogP) is 5.68. The zero-order valence-electron chi connectivity index (χ0n) is 19.5. The summed E-state index contributed by atoms with van der Waals surface area (Å²) in [5.41, 5.74) is 3.36. The van der Waals surface area contributed by atoms with E-state index in [0.29, 0.717) is 39.2 Å². The molecular formula is C27H21F3N6O. The van der Waals surface area contributed by atoms with Crippen molar-refractivity contribution >= 4 is 22.5 Å². The highest BCUT2D eigenvalue weighted by Crippen LogP contribution is 2.39. The minimum absolute atomic E-state index is 0.0134. The molecule has 0 saturated heterocycles. The van der Waals surface area contributed by atoms with Gasteiger partial charge in [-0.2, -0.15) is 4.68 Å². The van der Waals surface area contributed by atoms with Crippen LogP contribution >= 0.6 is 0 Å². The summed E-state index contributed by atoms with van der Waals surface area (Å²) < 4.78 is 43.7. The van der Waals surface area contributed by atoms with Crippen LogP contribution in [0.4, 0.5) is 18.9 Å². The van der Waals surface area contributed by atoms with Crippen LogP contribution in [0.15, 0.2) is 60.7 Å². The SMILES string of the molecule is O=C(CCc1c(-c2ccc(F)cc2)[nH]c2ccc(F)cc12)Nc1cc(-n2nnnc2C2CC2)ccc1F. The number of anilines is 1. The summed E-state index contributed by atoms with van der Waals surface area (Å²) in [7, 11) is 0. The number of carbonyl (C=O) groups excluding carboxylic acids is 1. The van der Waals surface area contributed by atoms with E-state index in [1.165, 1.54) is 36.4 Å². The normalized spacial score (nSPS) is 13.3. The number of aromatic nitrogens is 5. The monoisotopic (exact) mass is 502 g/mol. The Morgan fingerprint density at radius 3 is 2.57 bits per heavy atom. The number of aryl methyl sites for hydroxylation is 1. The van der Waals surface area contributed by atoms with Gasteiger partial charge in [-0.25, -0.2) is 13.2 Å². The van der Waals surface area contributed by atoms with E-state index in [1.807, 2.05) is 0 Å². The van der Waals surface area contributed by atoms with Crippen LogP contribution in [-0.2, 0) is 11.2 Å². The van der Waals surface area contributed by atoms with E-state index in [1.54, 1.807) is 28.9 Å². The minimum Gasteiger partial charge on any atom is -0.354 e. The molecule has 1 aliphatic carbocycles. The van der Waals surface area contributed by atoms with Gasteiger partial charge in [-0.15, -0.1) is 5.10 Å². The maximum atomic E-state index is 14.6. The second kappa shape index (κ2) is 9.20. The van der Waals surface area contributed by atoms with Crippen molar-refractivity contribution < 1.29 is 18.0 Å². The molecule has 1 saturated carbocycles. The zero-order valence-corrected chi connectivity index (χ0v) is 19.5. The Morgan fingerprint density at radius 2 is 1.78 bits per heavy atom. The largest absolute Gasteiger partial charge is 0.354 e. The van der Waals surface area contributed by atoms with Gasteiger partial charge in [0.1, 0.15) is 17.5 Å². The van der Waals surface area contributed by atoms with E-state index in [2.05, 4.69) is 25.8 Å². The van der Waals surface area contributed by atoms with Gasteiger partial charge in [0.25, 0.3) is 0 Å². The van der Waals surface area contributed by atoms with Gasteiger partial charge in [-0.1, -0.05) is 0 Å². The molecule has 0 radical (unpaired) electrons. The number of benzene rings is 3. The molecule has 0 aliphatic heterocycles. The lowest BCUT2D eigenvalue weighted by atomic mass is 10.0. The molecule has 7 nitrogen and oxygen atoms in total. The van der Waals surface area contributed by atoms with Gasteiger partial charge < -0.3 is 10.3 Å². The number of carbonyl (C=O) groups is 1. The Balaban J connectivity index is 1.25. The van der Waals surface area contributed by atoms with Crippen LogP contribution < -0.4 is 5.32 Å². The number of fused-ring (bicyclic) bond motifs is 1. The van der Waals surface area contributed by atoms with Crippen molar-refractivity contribution in [2.75, 3.05) is 5.32 Å². The molecule has 6 rings (SSSR count). The molecule has 0 unspecified atom stereocenters. The average Bonchev–Trinajstić information content (AvgIpc) is 3.50. The summed E-state index contributed by atoms with van der Waals surface area (Å²) >= 11 is 0. The van der Waals surface area contributed by atoms with Crippen LogP contribution in [0.5, 0.6) is 0 Å². The highest BCUT2D eigenvalue weighted by atomic mass is 19.1. The number of nitrogens with one attached hydrogen (secondary N) is 2. The number of tetrazole rings is 1. The minimum atomic E-state index is -0.584. The lowest BCUT2D eigenvalue weighted by Gasteiger charge is -2.10. The first kappa shape index (κ1) is 23.0. The molecule has 1 fully saturated rings. The summed E-state index contributed by atoms with van der Waals surface area (Å²) in [6.45, 7) is 0. The lowest BCUT2D eigenvalue weighted by molar-refractivity contribution is -0.116. The highest BCUT2D eigenvalue weighted by molar-refractivity contribution is 5.94. The van der Waals surface area contributed by atoms with Crippen LogP contribution in [0.3, 0.4) is 0 Å². The Bertz CT molecular complexity index is 1620. The fraction of sp³-hybridized carbons (Fsp3) is 0.185. The lowest BCUT2D eigenvalue weighted by Crippen LogP contribution is -2.14. The molecular weight excluding hydrogens is 481 g/mol. The zero-order chi connectivity index (χ0) is 25.5. The molecule has 0 bridgehead atoms. The van der Waals surface area contributed by atoms with Gasteiger partial charge in [0, 0.05) is 28.9 Å². The van der Waals surface area contributed by atoms with Crippen molar-refractivity contribution in [2.45, 2.75) is 31.6 Å². The quantitative estimate of drug-likeness (QED) is 0.300. The molecule has 0 atom stereocenters. The van der Waals surface area contributed by atoms with E-state index in [4.69, 9.17) is 0 Å². The molecule has 10 heteroatoms. The van der Waals surface area contributed by atoms with Gasteiger partial charge >= 0.3 is 0 Å². The fourth-order valence-electron chi connectivity index (χ4n) is 4.51. The van der Waals surface area contributed by atoms with Gasteiger partial charge in [0.15, 0.2) is 5.82 Å². The first-order valence-corrected chi connectivity index (χ1v) is 11.9. The van der Waals surface area contributed by atoms with Crippen molar-refractivity contribution in [1.29, 1.82) is 0 Å². The third kappa shape index (κ3) is 4.57. The van der Waals surface area contributed by atoms with Crippen LogP contribution in [0.25, 0.3) is 27.8 Å². The Labute approximate surface area is 209 Å². The molecule has 37 heavy (non-hydrogen) atoms. The summed E-state index contributed by atoms with van der Waals surface area (Å²) in [4.78, 5) is 16.1. The first-order chi connectivity index (χ1) is 18.0. The molecule has 0 spiro atoms. The summed E-state index contributed by atoms with van der Waals surface area (Å²) in [5.74, 6) is -0.777. The van der Waals surface area contributed by atoms with Gasteiger partial charge in [0.05, 0.1) is 11.4 Å². The van der Waals surface area contributed by atoms with Crippen LogP contribution in [-0.4, -0.2) is 31.1 Å². The maximum Gasteiger partial charge on any atom is 0.224 e. The second-order valence-corrected chi connectivity index (χ2v) is 9.11. The summed E-state index contributed by atoms with van der Waals surface area (Å²) in [5, 5.41) is 15.1. The fourth-order valence-corrected chi connectivity index (χ4v) is 4.51. The number of aromatic amines is 1. The molecule has 186 valence electrons. The number of hydrogen-bond acceptors (Lipinski definition) is 4. The standard InChI is InChI=1S/C27H21F3N6O/c28-17-5-3-15(4-6-17)26-20(21-13-18(29)7-11-23(21)32-26)9-12-25(37)31-24-14-19(8-10-22(24)30)36-27(16-1-2-16)33-34-35-36/h3-8,10-11,13-14,16,32H,1-2,9,12H2,(H,31,37). The van der Waals surface area contributed by atoms with Crippen LogP contribution in [0.1, 0.15) is 36.6 Å². The van der Waals surface area contributed by atoms with Crippen molar-refractivity contribution in [1.82, 2.24) is 25.2 Å². The number of H-pyrrole nitrogens is 1. The number of amides is 1. The summed E-state index contributed by atoms with van der Waals surface area (Å²) in [6.07, 6.45) is 2.27. The van der Waals surface area contributed by atoms with Crippen LogP contribution in [0.2, 0.25) is 0 Å². The summed E-state index contributed by atoms with van der Waals surface area (Å²) in [6, 6.07) is 14.6. The highest BCUT2D eigenvalue weighted by Gasteiger charge is 2.30. The maximum absolute atomic E-state index is 14.6. The molecule has 3 aromatic carbocycles. The Kier molecular flexibility index (Phi) is 5.71. The smallest absolute Gasteiger partial charge is 0.224 e. The molecule has 2 aromatic heterocycles.